The van der Waals surface area contributed by atoms with E-state index in [1.807, 2.05) is 35.0 Å². The molecule has 3 rings (SSSR count). The average molecular weight is 240 g/mol. The molecular weight excluding hydrogens is 236 g/mol. The first-order valence-corrected chi connectivity index (χ1v) is 6.33. The maximum Gasteiger partial charge on any atom is 0.139 e. The van der Waals surface area contributed by atoms with Gasteiger partial charge in [-0.3, -0.25) is 0 Å². The van der Waals surface area contributed by atoms with E-state index in [4.69, 9.17) is 10.5 Å². The van der Waals surface area contributed by atoms with Crippen LogP contribution in [-0.4, -0.2) is 0 Å². The van der Waals surface area contributed by atoms with Gasteiger partial charge in [-0.2, -0.15) is 10.5 Å². The Balaban J connectivity index is 2.45. The Labute approximate surface area is 100 Å². The van der Waals surface area contributed by atoms with Crippen LogP contribution >= 0.6 is 22.7 Å². The molecule has 0 fully saturated rings. The number of nitriles is 2. The van der Waals surface area contributed by atoms with Crippen LogP contribution < -0.4 is 0 Å². The molecule has 0 bridgehead atoms. The second kappa shape index (κ2) is 3.31. The highest BCUT2D eigenvalue weighted by Crippen LogP contribution is 2.50. The largest absolute Gasteiger partial charge is 0.192 e. The Hall–Kier alpha value is -1.88. The second-order valence-electron chi connectivity index (χ2n) is 3.30. The molecule has 0 N–H and O–H groups in total. The SMILES string of the molecule is N#CC(C#N)=C1c2sccc2-c2ccsc21. The van der Waals surface area contributed by atoms with Crippen molar-refractivity contribution in [3.05, 3.63) is 38.2 Å². The van der Waals surface area contributed by atoms with Crippen LogP contribution in [-0.2, 0) is 0 Å². The number of allylic oxidation sites excluding steroid dienone is 1. The van der Waals surface area contributed by atoms with Gasteiger partial charge in [-0.1, -0.05) is 0 Å². The van der Waals surface area contributed by atoms with Gasteiger partial charge in [0.05, 0.1) is 0 Å². The summed E-state index contributed by atoms with van der Waals surface area (Å²) in [4.78, 5) is 2.11. The zero-order chi connectivity index (χ0) is 11.1. The zero-order valence-corrected chi connectivity index (χ0v) is 9.65. The van der Waals surface area contributed by atoms with E-state index >= 15 is 0 Å². The van der Waals surface area contributed by atoms with Gasteiger partial charge >= 0.3 is 0 Å². The number of fused-ring (bicyclic) bond motifs is 3. The standard InChI is InChI=1S/C12H4N2S2/c13-5-7(6-14)10-11-8(1-3-15-11)9-2-4-16-12(9)10/h1-4H. The van der Waals surface area contributed by atoms with E-state index in [1.165, 1.54) is 0 Å². The van der Waals surface area contributed by atoms with E-state index in [-0.39, 0.29) is 5.57 Å². The van der Waals surface area contributed by atoms with Crippen molar-refractivity contribution in [1.29, 1.82) is 10.5 Å². The molecule has 0 radical (unpaired) electrons. The fraction of sp³-hybridized carbons (Fsp3) is 0. The molecule has 0 amide bonds. The van der Waals surface area contributed by atoms with E-state index in [2.05, 4.69) is 0 Å². The Kier molecular flexibility index (Phi) is 1.94. The van der Waals surface area contributed by atoms with E-state index < -0.39 is 0 Å². The number of thiophene rings is 2. The first-order valence-electron chi connectivity index (χ1n) is 4.57. The lowest BCUT2D eigenvalue weighted by atomic mass is 10.1. The maximum absolute atomic E-state index is 8.99. The third-order valence-corrected chi connectivity index (χ3v) is 4.41. The summed E-state index contributed by atoms with van der Waals surface area (Å²) >= 11 is 3.17. The molecule has 0 saturated carbocycles. The van der Waals surface area contributed by atoms with Crippen LogP contribution in [0.3, 0.4) is 0 Å². The highest BCUT2D eigenvalue weighted by Gasteiger charge is 2.28. The van der Waals surface area contributed by atoms with Crippen molar-refractivity contribution in [3.8, 4) is 23.3 Å². The number of rotatable bonds is 0. The van der Waals surface area contributed by atoms with Gasteiger partial charge in [0.1, 0.15) is 17.7 Å². The summed E-state index contributed by atoms with van der Waals surface area (Å²) in [6.07, 6.45) is 0. The van der Waals surface area contributed by atoms with Crippen LogP contribution in [0.2, 0.25) is 0 Å². The lowest BCUT2D eigenvalue weighted by molar-refractivity contribution is 1.47. The minimum absolute atomic E-state index is 0.213. The summed E-state index contributed by atoms with van der Waals surface area (Å²) in [7, 11) is 0. The lowest BCUT2D eigenvalue weighted by Crippen LogP contribution is -1.82. The monoisotopic (exact) mass is 240 g/mol. The summed E-state index contributed by atoms with van der Waals surface area (Å²) in [5.74, 6) is 0. The topological polar surface area (TPSA) is 47.6 Å². The van der Waals surface area contributed by atoms with Crippen molar-refractivity contribution in [1.82, 2.24) is 0 Å². The third kappa shape index (κ3) is 1.03. The summed E-state index contributed by atoms with van der Waals surface area (Å²) in [5.41, 5.74) is 3.34. The highest BCUT2D eigenvalue weighted by molar-refractivity contribution is 7.15. The molecule has 0 spiro atoms. The molecule has 1 aliphatic carbocycles. The van der Waals surface area contributed by atoms with Gasteiger partial charge in [-0.15, -0.1) is 22.7 Å². The molecule has 2 aromatic rings. The molecule has 1 aliphatic rings. The quantitative estimate of drug-likeness (QED) is 0.563. The van der Waals surface area contributed by atoms with E-state index in [0.717, 1.165) is 26.5 Å². The predicted octanol–water partition coefficient (Wildman–Crippen LogP) is 3.64. The smallest absolute Gasteiger partial charge is 0.139 e. The summed E-state index contributed by atoms with van der Waals surface area (Å²) < 4.78 is 0. The molecule has 0 atom stereocenters. The first-order chi connectivity index (χ1) is 7.86. The Morgan fingerprint density at radius 3 is 1.88 bits per heavy atom. The van der Waals surface area contributed by atoms with Crippen molar-refractivity contribution < 1.29 is 0 Å². The van der Waals surface area contributed by atoms with Gasteiger partial charge in [0.15, 0.2) is 0 Å². The van der Waals surface area contributed by atoms with Crippen LogP contribution in [0.15, 0.2) is 28.5 Å². The van der Waals surface area contributed by atoms with Crippen molar-refractivity contribution in [2.75, 3.05) is 0 Å². The average Bonchev–Trinajstić information content (AvgIpc) is 2.95. The van der Waals surface area contributed by atoms with Gasteiger partial charge in [0.25, 0.3) is 0 Å². The summed E-state index contributed by atoms with van der Waals surface area (Å²) in [6.45, 7) is 0. The minimum Gasteiger partial charge on any atom is -0.192 e. The molecule has 0 saturated heterocycles. The molecule has 74 valence electrons. The van der Waals surface area contributed by atoms with Crippen molar-refractivity contribution in [2.24, 2.45) is 0 Å². The molecule has 0 aliphatic heterocycles. The van der Waals surface area contributed by atoms with Crippen LogP contribution in [0.5, 0.6) is 0 Å². The number of hydrogen-bond acceptors (Lipinski definition) is 4. The fourth-order valence-electron chi connectivity index (χ4n) is 1.90. The molecule has 0 unspecified atom stereocenters. The molecule has 2 nitrogen and oxygen atoms in total. The van der Waals surface area contributed by atoms with Gasteiger partial charge in [-0.05, 0) is 22.9 Å². The molecule has 2 aromatic heterocycles. The maximum atomic E-state index is 8.99. The van der Waals surface area contributed by atoms with Gasteiger partial charge in [0, 0.05) is 26.5 Å². The Morgan fingerprint density at radius 1 is 0.938 bits per heavy atom. The van der Waals surface area contributed by atoms with Gasteiger partial charge < -0.3 is 0 Å². The van der Waals surface area contributed by atoms with Crippen LogP contribution in [0.1, 0.15) is 9.75 Å². The normalized spacial score (nSPS) is 11.5. The van der Waals surface area contributed by atoms with E-state index in [0.29, 0.717) is 0 Å². The molecule has 16 heavy (non-hydrogen) atoms. The van der Waals surface area contributed by atoms with Crippen LogP contribution in [0, 0.1) is 22.7 Å². The fourth-order valence-corrected chi connectivity index (χ4v) is 3.90. The van der Waals surface area contributed by atoms with Crippen molar-refractivity contribution in [3.63, 3.8) is 0 Å². The van der Waals surface area contributed by atoms with Gasteiger partial charge in [0.2, 0.25) is 0 Å². The van der Waals surface area contributed by atoms with Gasteiger partial charge in [-0.25, -0.2) is 0 Å². The number of nitrogens with zero attached hydrogens (tertiary/aromatic N) is 2. The van der Waals surface area contributed by atoms with Crippen LogP contribution in [0.4, 0.5) is 0 Å². The lowest BCUT2D eigenvalue weighted by Gasteiger charge is -1.96. The zero-order valence-electron chi connectivity index (χ0n) is 8.02. The predicted molar refractivity (Wildman–Crippen MR) is 64.9 cm³/mol. The first kappa shape index (κ1) is 9.35. The van der Waals surface area contributed by atoms with E-state index in [9.17, 15) is 0 Å². The molecule has 2 heterocycles. The second-order valence-corrected chi connectivity index (χ2v) is 5.13. The van der Waals surface area contributed by atoms with E-state index in [1.54, 1.807) is 22.7 Å². The Bertz CT molecular complexity index is 631. The molecular formula is C12H4N2S2. The van der Waals surface area contributed by atoms with Crippen molar-refractivity contribution in [2.45, 2.75) is 0 Å². The highest BCUT2D eigenvalue weighted by atomic mass is 32.1. The number of hydrogen-bond donors (Lipinski definition) is 0. The van der Waals surface area contributed by atoms with Crippen LogP contribution in [0.25, 0.3) is 16.7 Å². The molecule has 4 heteroatoms. The Morgan fingerprint density at radius 2 is 1.44 bits per heavy atom. The summed E-state index contributed by atoms with van der Waals surface area (Å²) in [6, 6.07) is 8.07. The molecule has 0 aromatic carbocycles. The third-order valence-electron chi connectivity index (χ3n) is 2.55. The summed E-state index contributed by atoms with van der Waals surface area (Å²) in [5, 5.41) is 22.0. The minimum atomic E-state index is 0.213. The van der Waals surface area contributed by atoms with Crippen molar-refractivity contribution >= 4 is 28.2 Å².